The highest BCUT2D eigenvalue weighted by atomic mass is 16.5. The third-order valence-corrected chi connectivity index (χ3v) is 2.82. The highest BCUT2D eigenvalue weighted by Gasteiger charge is 2.22. The number of nitrogens with two attached hydrogens (primary N) is 1. The summed E-state index contributed by atoms with van der Waals surface area (Å²) in [6, 6.07) is -0.158. The molecule has 0 bridgehead atoms. The summed E-state index contributed by atoms with van der Waals surface area (Å²) in [4.78, 5) is 6.48. The van der Waals surface area contributed by atoms with Crippen LogP contribution in [0.5, 0.6) is 0 Å². The molecule has 1 aliphatic rings. The molecule has 1 aromatic heterocycles. The Balaban J connectivity index is 2.09. The van der Waals surface area contributed by atoms with Crippen molar-refractivity contribution < 1.29 is 4.52 Å². The first kappa shape index (κ1) is 10.4. The number of anilines is 1. The Morgan fingerprint density at radius 2 is 2.00 bits per heavy atom. The van der Waals surface area contributed by atoms with E-state index >= 15 is 0 Å². The van der Waals surface area contributed by atoms with Crippen molar-refractivity contribution in [3.05, 3.63) is 5.89 Å². The van der Waals surface area contributed by atoms with Gasteiger partial charge in [0.1, 0.15) is 0 Å². The van der Waals surface area contributed by atoms with Gasteiger partial charge in [0.15, 0.2) is 0 Å². The van der Waals surface area contributed by atoms with Crippen molar-refractivity contribution in [2.24, 2.45) is 11.7 Å². The molecule has 5 heteroatoms. The van der Waals surface area contributed by atoms with E-state index in [0.717, 1.165) is 13.1 Å². The average Bonchev–Trinajstić information content (AvgIpc) is 2.86. The van der Waals surface area contributed by atoms with Gasteiger partial charge in [0.25, 0.3) is 5.95 Å². The van der Waals surface area contributed by atoms with E-state index in [-0.39, 0.29) is 6.04 Å². The molecule has 1 aromatic rings. The monoisotopic (exact) mass is 210 g/mol. The molecule has 0 radical (unpaired) electrons. The van der Waals surface area contributed by atoms with Crippen LogP contribution in [0.25, 0.3) is 0 Å². The van der Waals surface area contributed by atoms with Crippen molar-refractivity contribution in [1.82, 2.24) is 10.1 Å². The summed E-state index contributed by atoms with van der Waals surface area (Å²) >= 11 is 0. The molecule has 1 fully saturated rings. The molecule has 15 heavy (non-hydrogen) atoms. The van der Waals surface area contributed by atoms with Gasteiger partial charge in [-0.05, 0) is 23.9 Å². The first-order chi connectivity index (χ1) is 7.18. The minimum absolute atomic E-state index is 0.158. The van der Waals surface area contributed by atoms with Gasteiger partial charge in [0.2, 0.25) is 5.89 Å². The summed E-state index contributed by atoms with van der Waals surface area (Å²) < 4.78 is 5.17. The van der Waals surface area contributed by atoms with Gasteiger partial charge < -0.3 is 15.2 Å². The number of hydrogen-bond donors (Lipinski definition) is 1. The summed E-state index contributed by atoms with van der Waals surface area (Å²) in [6.07, 6.45) is 2.42. The molecule has 1 saturated heterocycles. The number of rotatable bonds is 3. The standard InChI is InChI=1S/C10H18N4O/c1-7(2)8(11)9-12-10(13-15-9)14-5-3-4-6-14/h7-8H,3-6,11H2,1-2H3. The largest absolute Gasteiger partial charge is 0.338 e. The predicted octanol–water partition coefficient (Wildman–Crippen LogP) is 1.33. The molecular formula is C10H18N4O. The summed E-state index contributed by atoms with van der Waals surface area (Å²) in [5, 5.41) is 3.96. The van der Waals surface area contributed by atoms with Crippen molar-refractivity contribution in [3.8, 4) is 0 Å². The van der Waals surface area contributed by atoms with E-state index < -0.39 is 0 Å². The third-order valence-electron chi connectivity index (χ3n) is 2.82. The maximum Gasteiger partial charge on any atom is 0.266 e. The van der Waals surface area contributed by atoms with Gasteiger partial charge in [-0.3, -0.25) is 0 Å². The Bertz CT molecular complexity index is 300. The van der Waals surface area contributed by atoms with Crippen molar-refractivity contribution in [1.29, 1.82) is 0 Å². The quantitative estimate of drug-likeness (QED) is 0.815. The van der Waals surface area contributed by atoms with Crippen LogP contribution < -0.4 is 10.6 Å². The second-order valence-corrected chi connectivity index (χ2v) is 4.40. The van der Waals surface area contributed by atoms with Crippen LogP contribution in [0.2, 0.25) is 0 Å². The van der Waals surface area contributed by atoms with Crippen LogP contribution in [0.4, 0.5) is 5.95 Å². The van der Waals surface area contributed by atoms with E-state index in [9.17, 15) is 0 Å². The topological polar surface area (TPSA) is 68.2 Å². The zero-order valence-electron chi connectivity index (χ0n) is 9.31. The van der Waals surface area contributed by atoms with Crippen LogP contribution in [0.15, 0.2) is 4.52 Å². The van der Waals surface area contributed by atoms with Gasteiger partial charge in [-0.2, -0.15) is 4.98 Å². The SMILES string of the molecule is CC(C)C(N)c1nc(N2CCCC2)no1. The van der Waals surface area contributed by atoms with Gasteiger partial charge in [-0.1, -0.05) is 13.8 Å². The van der Waals surface area contributed by atoms with E-state index in [1.54, 1.807) is 0 Å². The van der Waals surface area contributed by atoms with E-state index in [1.165, 1.54) is 12.8 Å². The van der Waals surface area contributed by atoms with Gasteiger partial charge >= 0.3 is 0 Å². The van der Waals surface area contributed by atoms with Crippen molar-refractivity contribution in [2.75, 3.05) is 18.0 Å². The Hall–Kier alpha value is -1.10. The fourth-order valence-corrected chi connectivity index (χ4v) is 1.69. The van der Waals surface area contributed by atoms with Gasteiger partial charge in [-0.15, -0.1) is 0 Å². The molecule has 2 rings (SSSR count). The van der Waals surface area contributed by atoms with Gasteiger partial charge in [0, 0.05) is 13.1 Å². The highest BCUT2D eigenvalue weighted by Crippen LogP contribution is 2.21. The molecule has 0 amide bonds. The van der Waals surface area contributed by atoms with Crippen LogP contribution in [-0.4, -0.2) is 23.2 Å². The summed E-state index contributed by atoms with van der Waals surface area (Å²) in [5.74, 6) is 1.56. The van der Waals surface area contributed by atoms with Crippen molar-refractivity contribution >= 4 is 5.95 Å². The number of hydrogen-bond acceptors (Lipinski definition) is 5. The fourth-order valence-electron chi connectivity index (χ4n) is 1.69. The summed E-state index contributed by atoms with van der Waals surface area (Å²) in [6.45, 7) is 6.14. The maximum atomic E-state index is 5.94. The second-order valence-electron chi connectivity index (χ2n) is 4.40. The molecule has 2 heterocycles. The van der Waals surface area contributed by atoms with E-state index in [0.29, 0.717) is 17.8 Å². The zero-order chi connectivity index (χ0) is 10.8. The Morgan fingerprint density at radius 3 is 2.60 bits per heavy atom. The first-order valence-electron chi connectivity index (χ1n) is 5.52. The molecule has 1 atom stereocenters. The van der Waals surface area contributed by atoms with Crippen LogP contribution >= 0.6 is 0 Å². The van der Waals surface area contributed by atoms with E-state index in [2.05, 4.69) is 15.0 Å². The lowest BCUT2D eigenvalue weighted by atomic mass is 10.1. The van der Waals surface area contributed by atoms with Crippen molar-refractivity contribution in [2.45, 2.75) is 32.7 Å². The minimum Gasteiger partial charge on any atom is -0.338 e. The molecule has 1 aliphatic heterocycles. The van der Waals surface area contributed by atoms with Gasteiger partial charge in [0.05, 0.1) is 6.04 Å². The minimum atomic E-state index is -0.158. The average molecular weight is 210 g/mol. The van der Waals surface area contributed by atoms with Crippen LogP contribution in [-0.2, 0) is 0 Å². The van der Waals surface area contributed by atoms with Crippen molar-refractivity contribution in [3.63, 3.8) is 0 Å². The Labute approximate surface area is 89.6 Å². The van der Waals surface area contributed by atoms with Gasteiger partial charge in [-0.25, -0.2) is 0 Å². The normalized spacial score (nSPS) is 18.8. The molecule has 2 N–H and O–H groups in total. The molecule has 0 saturated carbocycles. The van der Waals surface area contributed by atoms with Crippen LogP contribution in [0, 0.1) is 5.92 Å². The lowest BCUT2D eigenvalue weighted by Gasteiger charge is -2.11. The molecule has 84 valence electrons. The first-order valence-corrected chi connectivity index (χ1v) is 5.52. The Kier molecular flexibility index (Phi) is 2.90. The van der Waals surface area contributed by atoms with E-state index in [1.807, 2.05) is 13.8 Å². The van der Waals surface area contributed by atoms with Crippen LogP contribution in [0.1, 0.15) is 38.6 Å². The summed E-state index contributed by atoms with van der Waals surface area (Å²) in [5.41, 5.74) is 5.94. The maximum absolute atomic E-state index is 5.94. The molecule has 0 aliphatic carbocycles. The fraction of sp³-hybridized carbons (Fsp3) is 0.800. The second kappa shape index (κ2) is 4.18. The molecule has 1 unspecified atom stereocenters. The lowest BCUT2D eigenvalue weighted by Crippen LogP contribution is -2.20. The summed E-state index contributed by atoms with van der Waals surface area (Å²) in [7, 11) is 0. The molecule has 0 spiro atoms. The zero-order valence-corrected chi connectivity index (χ0v) is 9.31. The third kappa shape index (κ3) is 2.12. The van der Waals surface area contributed by atoms with E-state index in [4.69, 9.17) is 10.3 Å². The molecular weight excluding hydrogens is 192 g/mol. The Morgan fingerprint density at radius 1 is 1.33 bits per heavy atom. The molecule has 5 nitrogen and oxygen atoms in total. The smallest absolute Gasteiger partial charge is 0.266 e. The lowest BCUT2D eigenvalue weighted by molar-refractivity contribution is 0.324. The van der Waals surface area contributed by atoms with Crippen LogP contribution in [0.3, 0.4) is 0 Å². The number of nitrogens with zero attached hydrogens (tertiary/aromatic N) is 3. The molecule has 0 aromatic carbocycles. The number of aromatic nitrogens is 2. The highest BCUT2D eigenvalue weighted by molar-refractivity contribution is 5.29. The predicted molar refractivity (Wildman–Crippen MR) is 57.5 cm³/mol.